The summed E-state index contributed by atoms with van der Waals surface area (Å²) in [6.07, 6.45) is 1.74. The van der Waals surface area contributed by atoms with Crippen molar-refractivity contribution < 1.29 is 4.79 Å². The van der Waals surface area contributed by atoms with Crippen LogP contribution in [-0.4, -0.2) is 17.4 Å². The maximum Gasteiger partial charge on any atom is 0.251 e. The van der Waals surface area contributed by atoms with Crippen molar-refractivity contribution in [2.45, 2.75) is 13.5 Å². The maximum atomic E-state index is 11.8. The van der Waals surface area contributed by atoms with E-state index in [1.54, 1.807) is 6.20 Å². The third-order valence-corrected chi connectivity index (χ3v) is 3.20. The predicted octanol–water partition coefficient (Wildman–Crippen LogP) is 3.21. The van der Waals surface area contributed by atoms with E-state index >= 15 is 0 Å². The van der Waals surface area contributed by atoms with E-state index in [0.717, 1.165) is 15.9 Å². The summed E-state index contributed by atoms with van der Waals surface area (Å²) in [5, 5.41) is 6.01. The highest BCUT2D eigenvalue weighted by Gasteiger charge is 2.04. The number of carbonyl (C=O) groups is 1. The van der Waals surface area contributed by atoms with Gasteiger partial charge in [0.25, 0.3) is 5.91 Å². The molecule has 20 heavy (non-hydrogen) atoms. The summed E-state index contributed by atoms with van der Waals surface area (Å²) in [5.41, 5.74) is 1.72. The van der Waals surface area contributed by atoms with Crippen LogP contribution in [0.25, 0.3) is 0 Å². The van der Waals surface area contributed by atoms with Crippen molar-refractivity contribution in [3.63, 3.8) is 0 Å². The van der Waals surface area contributed by atoms with Crippen molar-refractivity contribution in [2.24, 2.45) is 0 Å². The van der Waals surface area contributed by atoms with Gasteiger partial charge in [-0.3, -0.25) is 4.79 Å². The SMILES string of the molecule is CCNC(=O)c1cccc(CNc2ccc(Br)cn2)c1. The summed E-state index contributed by atoms with van der Waals surface area (Å²) in [4.78, 5) is 16.0. The Labute approximate surface area is 126 Å². The Morgan fingerprint density at radius 1 is 1.30 bits per heavy atom. The normalized spacial score (nSPS) is 10.1. The highest BCUT2D eigenvalue weighted by molar-refractivity contribution is 9.10. The molecule has 0 saturated carbocycles. The van der Waals surface area contributed by atoms with Crippen LogP contribution in [-0.2, 0) is 6.54 Å². The maximum absolute atomic E-state index is 11.8. The molecule has 1 aromatic heterocycles. The van der Waals surface area contributed by atoms with E-state index in [-0.39, 0.29) is 5.91 Å². The summed E-state index contributed by atoms with van der Waals surface area (Å²) >= 11 is 3.35. The largest absolute Gasteiger partial charge is 0.366 e. The van der Waals surface area contributed by atoms with Gasteiger partial charge in [0.15, 0.2) is 0 Å². The lowest BCUT2D eigenvalue weighted by Crippen LogP contribution is -2.22. The van der Waals surface area contributed by atoms with Crippen LogP contribution in [0.2, 0.25) is 0 Å². The molecule has 0 saturated heterocycles. The van der Waals surface area contributed by atoms with Crippen LogP contribution in [0.5, 0.6) is 0 Å². The number of hydrogen-bond donors (Lipinski definition) is 2. The molecule has 1 heterocycles. The highest BCUT2D eigenvalue weighted by atomic mass is 79.9. The van der Waals surface area contributed by atoms with Crippen LogP contribution in [0.3, 0.4) is 0 Å². The number of pyridine rings is 1. The first-order valence-electron chi connectivity index (χ1n) is 6.41. The lowest BCUT2D eigenvalue weighted by atomic mass is 10.1. The van der Waals surface area contributed by atoms with Gasteiger partial charge in [0, 0.05) is 29.3 Å². The molecule has 0 fully saturated rings. The number of rotatable bonds is 5. The van der Waals surface area contributed by atoms with Crippen LogP contribution in [0.4, 0.5) is 5.82 Å². The van der Waals surface area contributed by atoms with Crippen molar-refractivity contribution in [2.75, 3.05) is 11.9 Å². The predicted molar refractivity (Wildman–Crippen MR) is 83.7 cm³/mol. The van der Waals surface area contributed by atoms with E-state index in [4.69, 9.17) is 0 Å². The molecule has 104 valence electrons. The Hall–Kier alpha value is -1.88. The molecule has 0 atom stereocenters. The molecule has 0 spiro atoms. The average Bonchev–Trinajstić information content (AvgIpc) is 2.47. The Morgan fingerprint density at radius 2 is 2.15 bits per heavy atom. The zero-order valence-corrected chi connectivity index (χ0v) is 12.8. The molecule has 1 amide bonds. The van der Waals surface area contributed by atoms with Gasteiger partial charge in [0.2, 0.25) is 0 Å². The number of nitrogens with one attached hydrogen (secondary N) is 2. The molecule has 4 nitrogen and oxygen atoms in total. The van der Waals surface area contributed by atoms with E-state index in [2.05, 4.69) is 31.5 Å². The molecule has 2 rings (SSSR count). The smallest absolute Gasteiger partial charge is 0.251 e. The van der Waals surface area contributed by atoms with E-state index in [1.165, 1.54) is 0 Å². The minimum Gasteiger partial charge on any atom is -0.366 e. The second kappa shape index (κ2) is 7.05. The van der Waals surface area contributed by atoms with Gasteiger partial charge in [0.05, 0.1) is 0 Å². The second-order valence-electron chi connectivity index (χ2n) is 4.28. The summed E-state index contributed by atoms with van der Waals surface area (Å²) in [6.45, 7) is 3.16. The molecular formula is C15H16BrN3O. The van der Waals surface area contributed by atoms with Crippen molar-refractivity contribution >= 4 is 27.7 Å². The van der Waals surface area contributed by atoms with Crippen LogP contribution in [0.15, 0.2) is 47.1 Å². The fraction of sp³-hybridized carbons (Fsp3) is 0.200. The van der Waals surface area contributed by atoms with Crippen molar-refractivity contribution in [3.05, 3.63) is 58.2 Å². The molecule has 0 radical (unpaired) electrons. The number of nitrogens with zero attached hydrogens (tertiary/aromatic N) is 1. The molecule has 0 bridgehead atoms. The molecule has 5 heteroatoms. The minimum atomic E-state index is -0.0453. The summed E-state index contributed by atoms with van der Waals surface area (Å²) in [7, 11) is 0. The van der Waals surface area contributed by atoms with Crippen LogP contribution >= 0.6 is 15.9 Å². The van der Waals surface area contributed by atoms with Crippen LogP contribution < -0.4 is 10.6 Å². The molecule has 2 aromatic rings. The summed E-state index contributed by atoms with van der Waals surface area (Å²) in [5.74, 6) is 0.757. The molecule has 2 N–H and O–H groups in total. The summed E-state index contributed by atoms with van der Waals surface area (Å²) < 4.78 is 0.946. The van der Waals surface area contributed by atoms with E-state index in [1.807, 2.05) is 43.3 Å². The number of carbonyl (C=O) groups excluding carboxylic acids is 1. The van der Waals surface area contributed by atoms with Gasteiger partial charge < -0.3 is 10.6 Å². The Kier molecular flexibility index (Phi) is 5.12. The first-order chi connectivity index (χ1) is 9.69. The fourth-order valence-electron chi connectivity index (χ4n) is 1.76. The van der Waals surface area contributed by atoms with Gasteiger partial charge in [0.1, 0.15) is 5.82 Å². The highest BCUT2D eigenvalue weighted by Crippen LogP contribution is 2.12. The topological polar surface area (TPSA) is 54.0 Å². The van der Waals surface area contributed by atoms with Gasteiger partial charge in [-0.15, -0.1) is 0 Å². The van der Waals surface area contributed by atoms with E-state index in [9.17, 15) is 4.79 Å². The third-order valence-electron chi connectivity index (χ3n) is 2.73. The van der Waals surface area contributed by atoms with Crippen molar-refractivity contribution in [3.8, 4) is 0 Å². The Bertz CT molecular complexity index is 584. The molecular weight excluding hydrogens is 318 g/mol. The molecule has 0 aliphatic rings. The second-order valence-corrected chi connectivity index (χ2v) is 5.19. The number of anilines is 1. The molecule has 1 aromatic carbocycles. The Morgan fingerprint density at radius 3 is 2.85 bits per heavy atom. The van der Waals surface area contributed by atoms with Gasteiger partial charge >= 0.3 is 0 Å². The Balaban J connectivity index is 2.01. The van der Waals surface area contributed by atoms with E-state index < -0.39 is 0 Å². The monoisotopic (exact) mass is 333 g/mol. The average molecular weight is 334 g/mol. The van der Waals surface area contributed by atoms with Crippen molar-refractivity contribution in [1.82, 2.24) is 10.3 Å². The lowest BCUT2D eigenvalue weighted by Gasteiger charge is -2.07. The number of hydrogen-bond acceptors (Lipinski definition) is 3. The molecule has 0 unspecified atom stereocenters. The number of amides is 1. The van der Waals surface area contributed by atoms with Gasteiger partial charge in [-0.1, -0.05) is 12.1 Å². The standard InChI is InChI=1S/C15H16BrN3O/c1-2-17-15(20)12-5-3-4-11(8-12)9-18-14-7-6-13(16)10-19-14/h3-8,10H,2,9H2,1H3,(H,17,20)(H,18,19). The zero-order valence-electron chi connectivity index (χ0n) is 11.2. The number of benzene rings is 1. The van der Waals surface area contributed by atoms with Crippen LogP contribution in [0, 0.1) is 0 Å². The van der Waals surface area contributed by atoms with Gasteiger partial charge in [-0.05, 0) is 52.7 Å². The minimum absolute atomic E-state index is 0.0453. The van der Waals surface area contributed by atoms with E-state index in [0.29, 0.717) is 18.7 Å². The first-order valence-corrected chi connectivity index (χ1v) is 7.21. The molecule has 0 aliphatic heterocycles. The van der Waals surface area contributed by atoms with Crippen LogP contribution in [0.1, 0.15) is 22.8 Å². The summed E-state index contributed by atoms with van der Waals surface area (Å²) in [6, 6.07) is 11.4. The van der Waals surface area contributed by atoms with Gasteiger partial charge in [-0.2, -0.15) is 0 Å². The molecule has 0 aliphatic carbocycles. The quantitative estimate of drug-likeness (QED) is 0.883. The first kappa shape index (κ1) is 14.5. The van der Waals surface area contributed by atoms with Gasteiger partial charge in [-0.25, -0.2) is 4.98 Å². The zero-order chi connectivity index (χ0) is 14.4. The number of halogens is 1. The third kappa shape index (κ3) is 4.06. The van der Waals surface area contributed by atoms with Crippen molar-refractivity contribution in [1.29, 1.82) is 0 Å². The number of aromatic nitrogens is 1. The fourth-order valence-corrected chi connectivity index (χ4v) is 1.99. The lowest BCUT2D eigenvalue weighted by molar-refractivity contribution is 0.0955.